The van der Waals surface area contributed by atoms with Crippen molar-refractivity contribution in [1.29, 1.82) is 0 Å². The average molecular weight is 372 g/mol. The Hall–Kier alpha value is -2.63. The summed E-state index contributed by atoms with van der Waals surface area (Å²) >= 11 is 0. The second kappa shape index (κ2) is 10.5. The summed E-state index contributed by atoms with van der Waals surface area (Å²) in [5.74, 6) is -0.442. The van der Waals surface area contributed by atoms with Gasteiger partial charge in [0, 0.05) is 6.54 Å². The standard InChI is InChI=1S/C21H28N2O4/c1-3-5-9-16(4-2)15-27-19(24)12-13-23-20(25)18(22-21(23)26)14-17-10-7-6-8-11-17/h6-8,10-11,14,16H,3-5,9,12-13,15H2,1-2H3,(H,22,26)/b18-14+. The van der Waals surface area contributed by atoms with Gasteiger partial charge in [-0.2, -0.15) is 0 Å². The third-order valence-corrected chi connectivity index (χ3v) is 4.64. The first-order chi connectivity index (χ1) is 13.0. The van der Waals surface area contributed by atoms with E-state index in [1.54, 1.807) is 6.08 Å². The van der Waals surface area contributed by atoms with Gasteiger partial charge in [0.15, 0.2) is 0 Å². The van der Waals surface area contributed by atoms with E-state index in [9.17, 15) is 14.4 Å². The Morgan fingerprint density at radius 3 is 2.63 bits per heavy atom. The fourth-order valence-electron chi connectivity index (χ4n) is 2.87. The lowest BCUT2D eigenvalue weighted by atomic mass is 10.0. The first-order valence-corrected chi connectivity index (χ1v) is 9.60. The largest absolute Gasteiger partial charge is 0.465 e. The molecule has 0 radical (unpaired) electrons. The minimum atomic E-state index is -0.510. The van der Waals surface area contributed by atoms with Gasteiger partial charge in [-0.25, -0.2) is 4.79 Å². The van der Waals surface area contributed by atoms with Crippen LogP contribution in [0.2, 0.25) is 0 Å². The number of nitrogens with zero attached hydrogens (tertiary/aromatic N) is 1. The molecule has 2 rings (SSSR count). The van der Waals surface area contributed by atoms with Crippen molar-refractivity contribution < 1.29 is 19.1 Å². The molecule has 1 unspecified atom stereocenters. The van der Waals surface area contributed by atoms with Gasteiger partial charge in [0.1, 0.15) is 5.70 Å². The lowest BCUT2D eigenvalue weighted by molar-refractivity contribution is -0.145. The molecule has 1 aliphatic heterocycles. The Labute approximate surface area is 160 Å². The van der Waals surface area contributed by atoms with Crippen LogP contribution in [0.1, 0.15) is 51.5 Å². The molecule has 1 heterocycles. The van der Waals surface area contributed by atoms with E-state index in [2.05, 4.69) is 19.2 Å². The second-order valence-corrected chi connectivity index (χ2v) is 6.71. The first kappa shape index (κ1) is 20.7. The van der Waals surface area contributed by atoms with Crippen molar-refractivity contribution in [3.8, 4) is 0 Å². The Morgan fingerprint density at radius 2 is 1.96 bits per heavy atom. The molecule has 1 aliphatic rings. The SMILES string of the molecule is CCCCC(CC)COC(=O)CCN1C(=O)N/C(=C/c2ccccc2)C1=O. The average Bonchev–Trinajstić information content (AvgIpc) is 2.94. The highest BCUT2D eigenvalue weighted by molar-refractivity contribution is 6.14. The highest BCUT2D eigenvalue weighted by Gasteiger charge is 2.33. The fourth-order valence-corrected chi connectivity index (χ4v) is 2.87. The van der Waals surface area contributed by atoms with Gasteiger partial charge in [-0.1, -0.05) is 63.4 Å². The van der Waals surface area contributed by atoms with E-state index in [1.807, 2.05) is 30.3 Å². The van der Waals surface area contributed by atoms with E-state index in [0.29, 0.717) is 12.5 Å². The molecule has 3 amide bonds. The predicted molar refractivity (Wildman–Crippen MR) is 104 cm³/mol. The number of amides is 3. The molecule has 0 saturated carbocycles. The molecular weight excluding hydrogens is 344 g/mol. The van der Waals surface area contributed by atoms with Crippen LogP contribution in [-0.2, 0) is 14.3 Å². The number of nitrogens with one attached hydrogen (secondary N) is 1. The van der Waals surface area contributed by atoms with Crippen molar-refractivity contribution in [3.05, 3.63) is 41.6 Å². The van der Waals surface area contributed by atoms with Crippen LogP contribution in [-0.4, -0.2) is 36.0 Å². The quantitative estimate of drug-likeness (QED) is 0.386. The maximum atomic E-state index is 12.4. The van der Waals surface area contributed by atoms with Gasteiger partial charge in [-0.3, -0.25) is 14.5 Å². The number of benzene rings is 1. The number of urea groups is 1. The minimum absolute atomic E-state index is 0.00197. The molecule has 6 nitrogen and oxygen atoms in total. The van der Waals surface area contributed by atoms with E-state index in [0.717, 1.165) is 36.1 Å². The molecule has 1 saturated heterocycles. The minimum Gasteiger partial charge on any atom is -0.465 e. The molecule has 0 spiro atoms. The highest BCUT2D eigenvalue weighted by Crippen LogP contribution is 2.15. The maximum absolute atomic E-state index is 12.4. The molecule has 6 heteroatoms. The van der Waals surface area contributed by atoms with E-state index >= 15 is 0 Å². The van der Waals surface area contributed by atoms with Crippen LogP contribution in [0, 0.1) is 5.92 Å². The number of unbranched alkanes of at least 4 members (excludes halogenated alkanes) is 1. The molecule has 1 fully saturated rings. The maximum Gasteiger partial charge on any atom is 0.329 e. The third-order valence-electron chi connectivity index (χ3n) is 4.64. The number of esters is 1. The van der Waals surface area contributed by atoms with E-state index in [1.165, 1.54) is 0 Å². The summed E-state index contributed by atoms with van der Waals surface area (Å²) in [5, 5.41) is 2.55. The van der Waals surface area contributed by atoms with Gasteiger partial charge < -0.3 is 10.1 Å². The molecule has 1 N–H and O–H groups in total. The van der Waals surface area contributed by atoms with Crippen molar-refractivity contribution in [1.82, 2.24) is 10.2 Å². The number of rotatable bonds is 10. The zero-order valence-corrected chi connectivity index (χ0v) is 16.1. The zero-order chi connectivity index (χ0) is 19.6. The van der Waals surface area contributed by atoms with Crippen LogP contribution in [0.4, 0.5) is 4.79 Å². The molecule has 27 heavy (non-hydrogen) atoms. The third kappa shape index (κ3) is 6.24. The summed E-state index contributed by atoms with van der Waals surface area (Å²) in [4.78, 5) is 37.4. The van der Waals surface area contributed by atoms with Gasteiger partial charge >= 0.3 is 12.0 Å². The molecule has 146 valence electrons. The number of ether oxygens (including phenoxy) is 1. The Kier molecular flexibility index (Phi) is 8.04. The summed E-state index contributed by atoms with van der Waals surface area (Å²) in [6.07, 6.45) is 5.87. The van der Waals surface area contributed by atoms with Crippen LogP contribution in [0.5, 0.6) is 0 Å². The summed E-state index contributed by atoms with van der Waals surface area (Å²) in [5.41, 5.74) is 1.03. The van der Waals surface area contributed by atoms with E-state index in [4.69, 9.17) is 4.74 Å². The monoisotopic (exact) mass is 372 g/mol. The topological polar surface area (TPSA) is 75.7 Å². The lowest BCUT2D eigenvalue weighted by Crippen LogP contribution is -2.33. The normalized spacial score (nSPS) is 16.5. The number of imide groups is 1. The predicted octanol–water partition coefficient (Wildman–Crippen LogP) is 3.73. The fraction of sp³-hybridized carbons (Fsp3) is 0.476. The number of carbonyl (C=O) groups is 3. The van der Waals surface area contributed by atoms with Crippen LogP contribution in [0.15, 0.2) is 36.0 Å². The first-order valence-electron chi connectivity index (χ1n) is 9.60. The van der Waals surface area contributed by atoms with E-state index in [-0.39, 0.29) is 24.6 Å². The molecule has 1 aromatic rings. The van der Waals surface area contributed by atoms with Crippen molar-refractivity contribution in [3.63, 3.8) is 0 Å². The smallest absolute Gasteiger partial charge is 0.329 e. The van der Waals surface area contributed by atoms with Crippen molar-refractivity contribution in [2.24, 2.45) is 5.92 Å². The molecule has 1 atom stereocenters. The Morgan fingerprint density at radius 1 is 1.22 bits per heavy atom. The molecular formula is C21H28N2O4. The van der Waals surface area contributed by atoms with Gasteiger partial charge in [0.25, 0.3) is 5.91 Å². The molecule has 0 aliphatic carbocycles. The summed E-state index contributed by atoms with van der Waals surface area (Å²) in [6.45, 7) is 4.63. The van der Waals surface area contributed by atoms with Crippen molar-refractivity contribution >= 4 is 24.0 Å². The van der Waals surface area contributed by atoms with Crippen LogP contribution >= 0.6 is 0 Å². The molecule has 0 aromatic heterocycles. The lowest BCUT2D eigenvalue weighted by Gasteiger charge is -2.15. The highest BCUT2D eigenvalue weighted by atomic mass is 16.5. The number of hydrogen-bond donors (Lipinski definition) is 1. The number of carbonyl (C=O) groups excluding carboxylic acids is 3. The number of hydrogen-bond acceptors (Lipinski definition) is 4. The summed E-state index contributed by atoms with van der Waals surface area (Å²) < 4.78 is 5.32. The van der Waals surface area contributed by atoms with Crippen LogP contribution < -0.4 is 5.32 Å². The Balaban J connectivity index is 1.83. The summed E-state index contributed by atoms with van der Waals surface area (Å²) in [7, 11) is 0. The van der Waals surface area contributed by atoms with Gasteiger partial charge in [0.2, 0.25) is 0 Å². The molecule has 1 aromatic carbocycles. The van der Waals surface area contributed by atoms with Gasteiger partial charge in [-0.05, 0) is 24.0 Å². The Bertz CT molecular complexity index is 685. The van der Waals surface area contributed by atoms with E-state index < -0.39 is 11.9 Å². The summed E-state index contributed by atoms with van der Waals surface area (Å²) in [6, 6.07) is 8.76. The van der Waals surface area contributed by atoms with Crippen LogP contribution in [0.25, 0.3) is 6.08 Å². The van der Waals surface area contributed by atoms with Crippen molar-refractivity contribution in [2.75, 3.05) is 13.2 Å². The zero-order valence-electron chi connectivity index (χ0n) is 16.1. The van der Waals surface area contributed by atoms with Gasteiger partial charge in [0.05, 0.1) is 13.0 Å². The second-order valence-electron chi connectivity index (χ2n) is 6.71. The van der Waals surface area contributed by atoms with Gasteiger partial charge in [-0.15, -0.1) is 0 Å². The van der Waals surface area contributed by atoms with Crippen molar-refractivity contribution in [2.45, 2.75) is 46.0 Å². The van der Waals surface area contributed by atoms with Crippen LogP contribution in [0.3, 0.4) is 0 Å². The molecule has 0 bridgehead atoms.